The third-order valence-corrected chi connectivity index (χ3v) is 7.94. The van der Waals surface area contributed by atoms with Crippen LogP contribution in [-0.2, 0) is 32.6 Å². The molecule has 0 amide bonds. The number of sulfonamides is 1. The number of nitrogens with zero attached hydrogens (tertiary/aromatic N) is 3. The van der Waals surface area contributed by atoms with E-state index in [1.807, 2.05) is 4.90 Å². The second kappa shape index (κ2) is 11.0. The smallest absolute Gasteiger partial charge is 0.322 e. The zero-order chi connectivity index (χ0) is 25.9. The Morgan fingerprint density at radius 3 is 2.69 bits per heavy atom. The average molecular weight is 561 g/mol. The van der Waals surface area contributed by atoms with Crippen LogP contribution in [0.15, 0.2) is 46.1 Å². The molecule has 0 bridgehead atoms. The number of benzene rings is 2. The maximum Gasteiger partial charge on any atom is 0.322 e. The minimum atomic E-state index is -4.70. The third-order valence-electron chi connectivity index (χ3n) is 5.47. The molecule has 1 N–H and O–H groups in total. The number of aromatic nitrogens is 1. The largest absolute Gasteiger partial charge is 0.380 e. The molecular weight excluding hydrogens is 541 g/mol. The Morgan fingerprint density at radius 1 is 1.25 bits per heavy atom. The van der Waals surface area contributed by atoms with Crippen molar-refractivity contribution in [3.63, 3.8) is 0 Å². The van der Waals surface area contributed by atoms with E-state index in [-0.39, 0.29) is 34.0 Å². The highest BCUT2D eigenvalue weighted by Crippen LogP contribution is 2.32. The number of carbonyl (C=O) groups excluding carboxylic acids is 1. The number of nitrogens with one attached hydrogen (secondary N) is 1. The molecule has 0 unspecified atom stereocenters. The first-order chi connectivity index (χ1) is 17.2. The molecule has 0 aliphatic carbocycles. The summed E-state index contributed by atoms with van der Waals surface area (Å²) < 4.78 is 68.3. The summed E-state index contributed by atoms with van der Waals surface area (Å²) in [6.07, 6.45) is -0.183. The quantitative estimate of drug-likeness (QED) is 0.278. The van der Waals surface area contributed by atoms with Gasteiger partial charge < -0.3 is 10.2 Å². The van der Waals surface area contributed by atoms with Crippen molar-refractivity contribution in [2.24, 2.45) is 0 Å². The molecule has 1 fully saturated rings. The highest BCUT2D eigenvalue weighted by Gasteiger charge is 2.32. The summed E-state index contributed by atoms with van der Waals surface area (Å²) in [7, 11) is -4.70. The van der Waals surface area contributed by atoms with Gasteiger partial charge in [0.25, 0.3) is 10.0 Å². The standard InChI is InChI=1S/C22H20ClF3N4O4S2/c23-17-6-21(36(32,33)30(34-13-31)22-11-35-12-28-22)19(26)7-20(17)27-8-15-5-14(1-2-18(15)25)3-4-29-9-16(24)10-29/h1-2,5-7,11-13,16,27H,3-4,8-10H2. The van der Waals surface area contributed by atoms with Crippen LogP contribution in [0, 0.1) is 11.6 Å². The monoisotopic (exact) mass is 560 g/mol. The van der Waals surface area contributed by atoms with E-state index < -0.39 is 32.7 Å². The van der Waals surface area contributed by atoms with E-state index in [9.17, 15) is 26.4 Å². The highest BCUT2D eigenvalue weighted by molar-refractivity contribution is 7.92. The number of halogens is 4. The molecule has 8 nitrogen and oxygen atoms in total. The van der Waals surface area contributed by atoms with Gasteiger partial charge in [-0.1, -0.05) is 28.2 Å². The lowest BCUT2D eigenvalue weighted by Crippen LogP contribution is -2.48. The van der Waals surface area contributed by atoms with Crippen molar-refractivity contribution in [1.29, 1.82) is 0 Å². The van der Waals surface area contributed by atoms with Crippen LogP contribution in [0.1, 0.15) is 11.1 Å². The first kappa shape index (κ1) is 26.2. The van der Waals surface area contributed by atoms with Crippen molar-refractivity contribution in [1.82, 2.24) is 9.88 Å². The normalized spacial score (nSPS) is 14.3. The summed E-state index contributed by atoms with van der Waals surface area (Å²) >= 11 is 7.24. The van der Waals surface area contributed by atoms with Crippen molar-refractivity contribution in [2.45, 2.75) is 24.0 Å². The van der Waals surface area contributed by atoms with Gasteiger partial charge in [-0.05, 0) is 30.2 Å². The minimum Gasteiger partial charge on any atom is -0.380 e. The molecule has 1 aliphatic heterocycles. The first-order valence-corrected chi connectivity index (χ1v) is 13.4. The topological polar surface area (TPSA) is 91.8 Å². The molecule has 0 atom stereocenters. The fraction of sp³-hybridized carbons (Fsp3) is 0.273. The van der Waals surface area contributed by atoms with Crippen LogP contribution in [-0.4, -0.2) is 50.6 Å². The number of rotatable bonds is 11. The summed E-state index contributed by atoms with van der Waals surface area (Å²) in [5, 5.41) is 3.95. The number of thiazole rings is 1. The lowest BCUT2D eigenvalue weighted by molar-refractivity contribution is -0.128. The van der Waals surface area contributed by atoms with E-state index in [4.69, 9.17) is 11.6 Å². The number of likely N-dealkylation sites (tertiary alicyclic amines) is 1. The summed E-state index contributed by atoms with van der Waals surface area (Å²) in [6, 6.07) is 6.33. The summed E-state index contributed by atoms with van der Waals surface area (Å²) in [5.74, 6) is -1.90. The molecule has 0 spiro atoms. The maximum atomic E-state index is 14.9. The molecule has 4 rings (SSSR count). The van der Waals surface area contributed by atoms with Crippen molar-refractivity contribution in [3.8, 4) is 0 Å². The van der Waals surface area contributed by atoms with Gasteiger partial charge in [-0.3, -0.25) is 9.69 Å². The molecule has 0 saturated carbocycles. The molecule has 1 aliphatic rings. The van der Waals surface area contributed by atoms with Gasteiger partial charge >= 0.3 is 6.47 Å². The van der Waals surface area contributed by atoms with Gasteiger partial charge in [-0.15, -0.1) is 11.3 Å². The molecule has 0 radical (unpaired) electrons. The second-order valence-corrected chi connectivity index (χ2v) is 10.8. The SMILES string of the molecule is O=CON(c1cscn1)S(=O)(=O)c1cc(Cl)c(NCc2cc(CCN3CC(F)C3)ccc2F)cc1F. The van der Waals surface area contributed by atoms with Crippen LogP contribution in [0.3, 0.4) is 0 Å². The zero-order valence-corrected chi connectivity index (χ0v) is 20.9. The number of alkyl halides is 1. The van der Waals surface area contributed by atoms with Gasteiger partial charge in [0.05, 0.1) is 16.2 Å². The number of hydrogen-bond acceptors (Lipinski definition) is 8. The van der Waals surface area contributed by atoms with E-state index >= 15 is 0 Å². The van der Waals surface area contributed by atoms with Gasteiger partial charge in [-0.2, -0.15) is 8.42 Å². The summed E-state index contributed by atoms with van der Waals surface area (Å²) in [5.41, 5.74) is 2.48. The number of carbonyl (C=O) groups is 1. The Labute approximate surface area is 214 Å². The van der Waals surface area contributed by atoms with E-state index in [0.717, 1.165) is 29.0 Å². The predicted molar refractivity (Wildman–Crippen MR) is 129 cm³/mol. The van der Waals surface area contributed by atoms with Crippen LogP contribution in [0.2, 0.25) is 5.02 Å². The Hall–Kier alpha value is -2.87. The van der Waals surface area contributed by atoms with Gasteiger partial charge in [0.2, 0.25) is 0 Å². The van der Waals surface area contributed by atoms with E-state index in [1.54, 1.807) is 12.1 Å². The van der Waals surface area contributed by atoms with Gasteiger partial charge in [0.1, 0.15) is 22.7 Å². The Bertz CT molecular complexity index is 1340. The van der Waals surface area contributed by atoms with Gasteiger partial charge in [-0.25, -0.2) is 18.2 Å². The van der Waals surface area contributed by atoms with Crippen LogP contribution in [0.4, 0.5) is 24.7 Å². The molecule has 192 valence electrons. The third kappa shape index (κ3) is 5.75. The molecule has 14 heteroatoms. The average Bonchev–Trinajstić information content (AvgIpc) is 3.35. The number of anilines is 2. The lowest BCUT2D eigenvalue weighted by atomic mass is 10.1. The fourth-order valence-corrected chi connectivity index (χ4v) is 5.72. The summed E-state index contributed by atoms with van der Waals surface area (Å²) in [4.78, 5) is 20.3. The van der Waals surface area contributed by atoms with Crippen LogP contribution >= 0.6 is 22.9 Å². The van der Waals surface area contributed by atoms with Crippen LogP contribution < -0.4 is 9.79 Å². The number of hydrogen-bond donors (Lipinski definition) is 1. The minimum absolute atomic E-state index is 0.0315. The lowest BCUT2D eigenvalue weighted by Gasteiger charge is -2.34. The van der Waals surface area contributed by atoms with E-state index in [2.05, 4.69) is 15.1 Å². The van der Waals surface area contributed by atoms with Gasteiger partial charge in [0.15, 0.2) is 5.82 Å². The van der Waals surface area contributed by atoms with Crippen molar-refractivity contribution in [3.05, 3.63) is 69.0 Å². The molecule has 2 heterocycles. The maximum absolute atomic E-state index is 14.9. The summed E-state index contributed by atoms with van der Waals surface area (Å²) in [6.45, 7) is 1.26. The van der Waals surface area contributed by atoms with Crippen molar-refractivity contribution >= 4 is 50.9 Å². The molecule has 1 aromatic heterocycles. The molecule has 1 saturated heterocycles. The fourth-order valence-electron chi connectivity index (χ4n) is 3.61. The Morgan fingerprint density at radius 2 is 2.03 bits per heavy atom. The van der Waals surface area contributed by atoms with Crippen molar-refractivity contribution < 1.29 is 31.2 Å². The molecule has 3 aromatic rings. The second-order valence-electron chi connectivity index (χ2n) is 7.93. The zero-order valence-electron chi connectivity index (χ0n) is 18.5. The van der Waals surface area contributed by atoms with Crippen molar-refractivity contribution in [2.75, 3.05) is 29.4 Å². The van der Waals surface area contributed by atoms with E-state index in [1.165, 1.54) is 17.0 Å². The Balaban J connectivity index is 1.49. The van der Waals surface area contributed by atoms with E-state index in [0.29, 0.717) is 31.6 Å². The van der Waals surface area contributed by atoms with Gasteiger partial charge in [0, 0.05) is 37.1 Å². The first-order valence-electron chi connectivity index (χ1n) is 10.6. The molecule has 2 aromatic carbocycles. The highest BCUT2D eigenvalue weighted by atomic mass is 35.5. The predicted octanol–water partition coefficient (Wildman–Crippen LogP) is 4.17. The molecule has 36 heavy (non-hydrogen) atoms. The van der Waals surface area contributed by atoms with Crippen LogP contribution in [0.5, 0.6) is 0 Å². The van der Waals surface area contributed by atoms with Crippen LogP contribution in [0.25, 0.3) is 0 Å². The molecular formula is C22H20ClF3N4O4S2. The Kier molecular flexibility index (Phi) is 8.03.